The average molecular weight is 237 g/mol. The fourth-order valence-electron chi connectivity index (χ4n) is 1.61. The van der Waals surface area contributed by atoms with Gasteiger partial charge in [-0.25, -0.2) is 4.98 Å². The molecule has 96 valence electrons. The second-order valence-electron chi connectivity index (χ2n) is 4.10. The molecule has 4 heteroatoms. The summed E-state index contributed by atoms with van der Waals surface area (Å²) in [6.45, 7) is 5.37. The molecule has 3 N–H and O–H groups in total. The van der Waals surface area contributed by atoms with Crippen molar-refractivity contribution in [3.63, 3.8) is 0 Å². The molecule has 0 bridgehead atoms. The van der Waals surface area contributed by atoms with Crippen LogP contribution in [0.15, 0.2) is 18.2 Å². The third kappa shape index (κ3) is 5.04. The van der Waals surface area contributed by atoms with Gasteiger partial charge in [-0.15, -0.1) is 0 Å². The molecule has 0 spiro atoms. The highest BCUT2D eigenvalue weighted by atomic mass is 16.3. The zero-order chi connectivity index (χ0) is 12.5. The molecular weight excluding hydrogens is 214 g/mol. The van der Waals surface area contributed by atoms with Crippen molar-refractivity contribution in [1.29, 1.82) is 0 Å². The number of nitrogens with one attached hydrogen (secondary N) is 2. The van der Waals surface area contributed by atoms with Crippen molar-refractivity contribution >= 4 is 11.6 Å². The number of rotatable bonds is 8. The summed E-state index contributed by atoms with van der Waals surface area (Å²) in [5.74, 6) is 1.77. The summed E-state index contributed by atoms with van der Waals surface area (Å²) >= 11 is 0. The number of aliphatic hydroxyl groups is 1. The minimum atomic E-state index is 0.208. The van der Waals surface area contributed by atoms with Crippen molar-refractivity contribution < 1.29 is 5.11 Å². The minimum absolute atomic E-state index is 0.208. The van der Waals surface area contributed by atoms with Gasteiger partial charge < -0.3 is 15.7 Å². The van der Waals surface area contributed by atoms with Crippen LogP contribution in [-0.4, -0.2) is 29.3 Å². The largest absolute Gasteiger partial charge is 0.396 e. The standard InChI is InChI=1S/C13H23N3O/c1-3-9-14-12-6-5-7-13(16-12)15-11(4-2)8-10-17/h5-7,11,17H,3-4,8-10H2,1-2H3,(H2,14,15,16). The first-order chi connectivity index (χ1) is 8.30. The van der Waals surface area contributed by atoms with Crippen LogP contribution < -0.4 is 10.6 Å². The van der Waals surface area contributed by atoms with Gasteiger partial charge in [0.25, 0.3) is 0 Å². The van der Waals surface area contributed by atoms with Crippen LogP contribution in [0, 0.1) is 0 Å². The molecule has 1 heterocycles. The van der Waals surface area contributed by atoms with Gasteiger partial charge >= 0.3 is 0 Å². The van der Waals surface area contributed by atoms with E-state index in [2.05, 4.69) is 29.5 Å². The summed E-state index contributed by atoms with van der Waals surface area (Å²) in [4.78, 5) is 4.48. The molecule has 0 aliphatic heterocycles. The van der Waals surface area contributed by atoms with E-state index in [-0.39, 0.29) is 12.6 Å². The van der Waals surface area contributed by atoms with Crippen molar-refractivity contribution in [2.24, 2.45) is 0 Å². The van der Waals surface area contributed by atoms with Gasteiger partial charge in [0.05, 0.1) is 0 Å². The summed E-state index contributed by atoms with van der Waals surface area (Å²) in [5, 5.41) is 15.5. The smallest absolute Gasteiger partial charge is 0.128 e. The van der Waals surface area contributed by atoms with Crippen LogP contribution in [0.5, 0.6) is 0 Å². The zero-order valence-electron chi connectivity index (χ0n) is 10.7. The van der Waals surface area contributed by atoms with Gasteiger partial charge in [0, 0.05) is 19.2 Å². The summed E-state index contributed by atoms with van der Waals surface area (Å²) in [5.41, 5.74) is 0. The highest BCUT2D eigenvalue weighted by Crippen LogP contribution is 2.12. The number of nitrogens with zero attached hydrogens (tertiary/aromatic N) is 1. The number of hydrogen-bond acceptors (Lipinski definition) is 4. The number of pyridine rings is 1. The molecule has 0 aliphatic rings. The van der Waals surface area contributed by atoms with E-state index < -0.39 is 0 Å². The Morgan fingerprint density at radius 2 is 2.06 bits per heavy atom. The number of hydrogen-bond donors (Lipinski definition) is 3. The Morgan fingerprint density at radius 1 is 1.29 bits per heavy atom. The van der Waals surface area contributed by atoms with Gasteiger partial charge in [-0.1, -0.05) is 19.9 Å². The molecule has 0 radical (unpaired) electrons. The molecule has 0 saturated carbocycles. The van der Waals surface area contributed by atoms with E-state index in [1.165, 1.54) is 0 Å². The van der Waals surface area contributed by atoms with Crippen molar-refractivity contribution in [1.82, 2.24) is 4.98 Å². The molecule has 17 heavy (non-hydrogen) atoms. The van der Waals surface area contributed by atoms with E-state index in [9.17, 15) is 0 Å². The Balaban J connectivity index is 2.57. The second kappa shape index (κ2) is 7.90. The Bertz CT molecular complexity index is 317. The maximum atomic E-state index is 8.94. The number of anilines is 2. The van der Waals surface area contributed by atoms with Gasteiger partial charge in [-0.3, -0.25) is 0 Å². The van der Waals surface area contributed by atoms with Crippen molar-refractivity contribution in [2.75, 3.05) is 23.8 Å². The van der Waals surface area contributed by atoms with Crippen molar-refractivity contribution in [3.8, 4) is 0 Å². The van der Waals surface area contributed by atoms with Crippen molar-refractivity contribution in [3.05, 3.63) is 18.2 Å². The predicted octanol–water partition coefficient (Wildman–Crippen LogP) is 2.48. The highest BCUT2D eigenvalue weighted by molar-refractivity contribution is 5.45. The van der Waals surface area contributed by atoms with E-state index in [0.717, 1.165) is 37.4 Å². The van der Waals surface area contributed by atoms with E-state index in [0.29, 0.717) is 0 Å². The Morgan fingerprint density at radius 3 is 2.71 bits per heavy atom. The maximum Gasteiger partial charge on any atom is 0.128 e. The zero-order valence-corrected chi connectivity index (χ0v) is 10.7. The van der Waals surface area contributed by atoms with Crippen LogP contribution >= 0.6 is 0 Å². The van der Waals surface area contributed by atoms with Gasteiger partial charge in [0.2, 0.25) is 0 Å². The van der Waals surface area contributed by atoms with Gasteiger partial charge in [-0.05, 0) is 31.4 Å². The third-order valence-electron chi connectivity index (χ3n) is 2.63. The summed E-state index contributed by atoms with van der Waals surface area (Å²) < 4.78 is 0. The lowest BCUT2D eigenvalue weighted by Gasteiger charge is -2.17. The lowest BCUT2D eigenvalue weighted by molar-refractivity contribution is 0.278. The van der Waals surface area contributed by atoms with Crippen LogP contribution in [0.1, 0.15) is 33.1 Å². The van der Waals surface area contributed by atoms with Gasteiger partial charge in [0.1, 0.15) is 11.6 Å². The fourth-order valence-corrected chi connectivity index (χ4v) is 1.61. The van der Waals surface area contributed by atoms with Crippen LogP contribution in [0.4, 0.5) is 11.6 Å². The molecule has 1 unspecified atom stereocenters. The van der Waals surface area contributed by atoms with E-state index in [4.69, 9.17) is 5.11 Å². The molecule has 0 saturated heterocycles. The molecule has 4 nitrogen and oxygen atoms in total. The fraction of sp³-hybridized carbons (Fsp3) is 0.615. The maximum absolute atomic E-state index is 8.94. The SMILES string of the molecule is CCCNc1cccc(NC(CC)CCO)n1. The van der Waals surface area contributed by atoms with E-state index in [1.54, 1.807) is 0 Å². The van der Waals surface area contributed by atoms with E-state index in [1.807, 2.05) is 18.2 Å². The monoisotopic (exact) mass is 237 g/mol. The normalized spacial score (nSPS) is 12.2. The predicted molar refractivity (Wildman–Crippen MR) is 72.4 cm³/mol. The van der Waals surface area contributed by atoms with E-state index >= 15 is 0 Å². The molecule has 1 aromatic heterocycles. The lowest BCUT2D eigenvalue weighted by Crippen LogP contribution is -2.20. The van der Waals surface area contributed by atoms with Gasteiger partial charge in [-0.2, -0.15) is 0 Å². The summed E-state index contributed by atoms with van der Waals surface area (Å²) in [6.07, 6.45) is 2.82. The molecule has 0 fully saturated rings. The Hall–Kier alpha value is -1.29. The highest BCUT2D eigenvalue weighted by Gasteiger charge is 2.06. The summed E-state index contributed by atoms with van der Waals surface area (Å²) in [6, 6.07) is 6.19. The third-order valence-corrected chi connectivity index (χ3v) is 2.63. The molecule has 1 atom stereocenters. The molecule has 0 amide bonds. The first-order valence-electron chi connectivity index (χ1n) is 6.38. The molecule has 1 rings (SSSR count). The topological polar surface area (TPSA) is 57.2 Å². The quantitative estimate of drug-likeness (QED) is 0.650. The number of aliphatic hydroxyl groups excluding tert-OH is 1. The lowest BCUT2D eigenvalue weighted by atomic mass is 10.1. The Kier molecular flexibility index (Phi) is 6.40. The van der Waals surface area contributed by atoms with Crippen molar-refractivity contribution in [2.45, 2.75) is 39.2 Å². The summed E-state index contributed by atoms with van der Waals surface area (Å²) in [7, 11) is 0. The Labute approximate surface area is 103 Å². The van der Waals surface area contributed by atoms with Gasteiger partial charge in [0.15, 0.2) is 0 Å². The first-order valence-corrected chi connectivity index (χ1v) is 6.38. The molecule has 0 aliphatic carbocycles. The second-order valence-corrected chi connectivity index (χ2v) is 4.10. The van der Waals surface area contributed by atoms with Crippen LogP contribution in [0.25, 0.3) is 0 Å². The first kappa shape index (κ1) is 13.8. The number of aromatic nitrogens is 1. The van der Waals surface area contributed by atoms with Crippen LogP contribution in [0.2, 0.25) is 0 Å². The van der Waals surface area contributed by atoms with Crippen LogP contribution in [0.3, 0.4) is 0 Å². The average Bonchev–Trinajstić information content (AvgIpc) is 2.36. The molecule has 1 aromatic rings. The van der Waals surface area contributed by atoms with Crippen LogP contribution in [-0.2, 0) is 0 Å². The molecular formula is C13H23N3O. The molecule has 0 aromatic carbocycles. The minimum Gasteiger partial charge on any atom is -0.396 e.